The van der Waals surface area contributed by atoms with E-state index >= 15 is 0 Å². The highest BCUT2D eigenvalue weighted by Gasteiger charge is 2.16. The average Bonchev–Trinajstić information content (AvgIpc) is 2.27. The van der Waals surface area contributed by atoms with Gasteiger partial charge in [0.25, 0.3) is 0 Å². The fourth-order valence-corrected chi connectivity index (χ4v) is 1.45. The summed E-state index contributed by atoms with van der Waals surface area (Å²) in [7, 11) is 0. The molecule has 1 unspecified atom stereocenters. The van der Waals surface area contributed by atoms with Crippen LogP contribution in [0.3, 0.4) is 0 Å². The Bertz CT molecular complexity index is 410. The van der Waals surface area contributed by atoms with Crippen LogP contribution in [0.4, 0.5) is 4.79 Å². The van der Waals surface area contributed by atoms with Crippen LogP contribution in [0.2, 0.25) is 0 Å². The number of hydrogen-bond donors (Lipinski definition) is 2. The molecule has 1 amide bonds. The number of pyridine rings is 1. The second-order valence-corrected chi connectivity index (χ2v) is 5.49. The fourth-order valence-electron chi connectivity index (χ4n) is 1.45. The van der Waals surface area contributed by atoms with E-state index in [1.54, 1.807) is 33.0 Å². The van der Waals surface area contributed by atoms with Crippen molar-refractivity contribution in [3.63, 3.8) is 0 Å². The summed E-state index contributed by atoms with van der Waals surface area (Å²) in [6.07, 6.45) is 0.946. The van der Waals surface area contributed by atoms with Crippen molar-refractivity contribution in [2.75, 3.05) is 6.54 Å². The summed E-state index contributed by atoms with van der Waals surface area (Å²) >= 11 is 0. The van der Waals surface area contributed by atoms with E-state index in [1.807, 2.05) is 13.0 Å². The smallest absolute Gasteiger partial charge is 0.407 e. The number of aromatic nitrogens is 1. The van der Waals surface area contributed by atoms with Crippen LogP contribution < -0.4 is 5.32 Å². The number of nitrogens with one attached hydrogen (secondary N) is 1. The summed E-state index contributed by atoms with van der Waals surface area (Å²) in [5, 5.41) is 12.5. The molecule has 0 radical (unpaired) electrons. The zero-order valence-corrected chi connectivity index (χ0v) is 11.9. The molecule has 1 aromatic rings. The Labute approximate surface area is 114 Å². The normalized spacial score (nSPS) is 12.9. The first-order valence-corrected chi connectivity index (χ1v) is 6.35. The SMILES string of the molecule is Cc1ccc(C(O)CCNC(=O)OC(C)(C)C)nc1. The Morgan fingerprint density at radius 2 is 2.16 bits per heavy atom. The zero-order chi connectivity index (χ0) is 14.5. The number of rotatable bonds is 4. The predicted molar refractivity (Wildman–Crippen MR) is 72.8 cm³/mol. The fraction of sp³-hybridized carbons (Fsp3) is 0.571. The molecule has 5 nitrogen and oxygen atoms in total. The van der Waals surface area contributed by atoms with Gasteiger partial charge in [-0.3, -0.25) is 4.98 Å². The van der Waals surface area contributed by atoms with Crippen LogP contribution in [-0.4, -0.2) is 28.3 Å². The molecule has 2 N–H and O–H groups in total. The van der Waals surface area contributed by atoms with Gasteiger partial charge in [-0.2, -0.15) is 0 Å². The van der Waals surface area contributed by atoms with Gasteiger partial charge in [0.2, 0.25) is 0 Å². The van der Waals surface area contributed by atoms with Gasteiger partial charge in [0.15, 0.2) is 0 Å². The van der Waals surface area contributed by atoms with Gasteiger partial charge in [-0.25, -0.2) is 4.79 Å². The molecule has 0 aliphatic rings. The topological polar surface area (TPSA) is 71.5 Å². The van der Waals surface area contributed by atoms with E-state index in [2.05, 4.69) is 10.3 Å². The Balaban J connectivity index is 2.33. The lowest BCUT2D eigenvalue weighted by Crippen LogP contribution is -2.33. The highest BCUT2D eigenvalue weighted by molar-refractivity contribution is 5.67. The van der Waals surface area contributed by atoms with Gasteiger partial charge >= 0.3 is 6.09 Å². The van der Waals surface area contributed by atoms with E-state index in [1.165, 1.54) is 0 Å². The first kappa shape index (κ1) is 15.4. The molecule has 5 heteroatoms. The van der Waals surface area contributed by atoms with Crippen molar-refractivity contribution >= 4 is 6.09 Å². The summed E-state index contributed by atoms with van der Waals surface area (Å²) in [4.78, 5) is 15.5. The molecule has 0 fully saturated rings. The predicted octanol–water partition coefficient (Wildman–Crippen LogP) is 2.34. The molecule has 0 saturated heterocycles. The first-order chi connectivity index (χ1) is 8.78. The van der Waals surface area contributed by atoms with Crippen LogP contribution >= 0.6 is 0 Å². The molecule has 0 saturated carbocycles. The van der Waals surface area contributed by atoms with Crippen LogP contribution in [0, 0.1) is 6.92 Å². The molecule has 0 bridgehead atoms. The van der Waals surface area contributed by atoms with E-state index in [9.17, 15) is 9.90 Å². The third kappa shape index (κ3) is 6.20. The van der Waals surface area contributed by atoms with Crippen LogP contribution in [0.1, 0.15) is 44.6 Å². The summed E-state index contributed by atoms with van der Waals surface area (Å²) in [6.45, 7) is 7.69. The van der Waals surface area contributed by atoms with Gasteiger partial charge in [0.05, 0.1) is 11.8 Å². The molecule has 0 aliphatic carbocycles. The molecule has 1 heterocycles. The number of amides is 1. The number of hydrogen-bond acceptors (Lipinski definition) is 4. The third-order valence-corrected chi connectivity index (χ3v) is 2.36. The minimum absolute atomic E-state index is 0.339. The minimum atomic E-state index is -0.685. The molecule has 0 spiro atoms. The molecule has 1 aromatic heterocycles. The number of alkyl carbamates (subject to hydrolysis) is 1. The maximum absolute atomic E-state index is 11.4. The zero-order valence-electron chi connectivity index (χ0n) is 11.9. The number of aliphatic hydroxyl groups excluding tert-OH is 1. The van der Waals surface area contributed by atoms with Crippen molar-refractivity contribution in [2.45, 2.75) is 45.8 Å². The van der Waals surface area contributed by atoms with Gasteiger partial charge < -0.3 is 15.2 Å². The molecule has 106 valence electrons. The third-order valence-electron chi connectivity index (χ3n) is 2.36. The molecular formula is C14H22N2O3. The number of nitrogens with zero attached hydrogens (tertiary/aromatic N) is 1. The minimum Gasteiger partial charge on any atom is -0.444 e. The number of aliphatic hydroxyl groups is 1. The van der Waals surface area contributed by atoms with Crippen molar-refractivity contribution in [1.29, 1.82) is 0 Å². The van der Waals surface area contributed by atoms with E-state index in [4.69, 9.17) is 4.74 Å². The Hall–Kier alpha value is -1.62. The van der Waals surface area contributed by atoms with Crippen molar-refractivity contribution in [3.05, 3.63) is 29.6 Å². The van der Waals surface area contributed by atoms with Gasteiger partial charge in [-0.15, -0.1) is 0 Å². The average molecular weight is 266 g/mol. The number of carbonyl (C=O) groups is 1. The Kier molecular flexibility index (Phi) is 5.30. The van der Waals surface area contributed by atoms with Crippen molar-refractivity contribution in [3.8, 4) is 0 Å². The van der Waals surface area contributed by atoms with Crippen molar-refractivity contribution < 1.29 is 14.6 Å². The van der Waals surface area contributed by atoms with Crippen LogP contribution in [0.15, 0.2) is 18.3 Å². The lowest BCUT2D eigenvalue weighted by Gasteiger charge is -2.20. The highest BCUT2D eigenvalue weighted by Crippen LogP contribution is 2.13. The van der Waals surface area contributed by atoms with Crippen LogP contribution in [-0.2, 0) is 4.74 Å². The summed E-state index contributed by atoms with van der Waals surface area (Å²) < 4.78 is 5.09. The lowest BCUT2D eigenvalue weighted by molar-refractivity contribution is 0.0518. The maximum atomic E-state index is 11.4. The second kappa shape index (κ2) is 6.52. The standard InChI is InChI=1S/C14H22N2O3/c1-10-5-6-11(16-9-10)12(17)7-8-15-13(18)19-14(2,3)4/h5-6,9,12,17H,7-8H2,1-4H3,(H,15,18). The van der Waals surface area contributed by atoms with Crippen molar-refractivity contribution in [1.82, 2.24) is 10.3 Å². The Morgan fingerprint density at radius 3 is 2.68 bits per heavy atom. The summed E-state index contributed by atoms with van der Waals surface area (Å²) in [6, 6.07) is 3.68. The van der Waals surface area contributed by atoms with E-state index in [0.717, 1.165) is 5.56 Å². The molecule has 1 atom stereocenters. The molecule has 0 aliphatic heterocycles. The summed E-state index contributed by atoms with van der Waals surface area (Å²) in [5.74, 6) is 0. The molecule has 19 heavy (non-hydrogen) atoms. The van der Waals surface area contributed by atoms with Crippen LogP contribution in [0.25, 0.3) is 0 Å². The van der Waals surface area contributed by atoms with E-state index in [0.29, 0.717) is 18.7 Å². The quantitative estimate of drug-likeness (QED) is 0.877. The van der Waals surface area contributed by atoms with E-state index in [-0.39, 0.29) is 0 Å². The van der Waals surface area contributed by atoms with Gasteiger partial charge in [-0.05, 0) is 45.7 Å². The molecule has 1 rings (SSSR count). The molecule has 0 aromatic carbocycles. The van der Waals surface area contributed by atoms with Crippen LogP contribution in [0.5, 0.6) is 0 Å². The van der Waals surface area contributed by atoms with Gasteiger partial charge in [-0.1, -0.05) is 6.07 Å². The second-order valence-electron chi connectivity index (χ2n) is 5.49. The number of aryl methyl sites for hydroxylation is 1. The monoisotopic (exact) mass is 266 g/mol. The summed E-state index contributed by atoms with van der Waals surface area (Å²) in [5.41, 5.74) is 1.14. The van der Waals surface area contributed by atoms with Gasteiger partial charge in [0.1, 0.15) is 5.60 Å². The lowest BCUT2D eigenvalue weighted by atomic mass is 10.1. The van der Waals surface area contributed by atoms with E-state index < -0.39 is 17.8 Å². The van der Waals surface area contributed by atoms with Gasteiger partial charge in [0, 0.05) is 12.7 Å². The molecular weight excluding hydrogens is 244 g/mol. The highest BCUT2D eigenvalue weighted by atomic mass is 16.6. The number of ether oxygens (including phenoxy) is 1. The van der Waals surface area contributed by atoms with Crippen molar-refractivity contribution in [2.24, 2.45) is 0 Å². The Morgan fingerprint density at radius 1 is 1.47 bits per heavy atom. The largest absolute Gasteiger partial charge is 0.444 e. The maximum Gasteiger partial charge on any atom is 0.407 e. The first-order valence-electron chi connectivity index (χ1n) is 6.35. The number of carbonyl (C=O) groups excluding carboxylic acids is 1.